The Morgan fingerprint density at radius 1 is 0.400 bits per heavy atom. The Bertz CT molecular complexity index is 3070. The summed E-state index contributed by atoms with van der Waals surface area (Å²) in [6.07, 6.45) is 0. The first-order chi connectivity index (χ1) is 26.8. The van der Waals surface area contributed by atoms with Gasteiger partial charge in [0.1, 0.15) is 22.3 Å². The zero-order chi connectivity index (χ0) is 37.4. The van der Waals surface area contributed by atoms with Gasteiger partial charge in [0.2, 0.25) is 0 Å². The molecule has 0 saturated heterocycles. The zero-order valence-corrected chi connectivity index (χ0v) is 26.4. The van der Waals surface area contributed by atoms with Crippen LogP contribution in [-0.2, 0) is 0 Å². The molecule has 0 aliphatic rings. The largest absolute Gasteiger partial charge is 0.456 e. The van der Waals surface area contributed by atoms with Crippen molar-refractivity contribution in [3.05, 3.63) is 164 Å². The standard InChI is InChI=1S/C45H27N3O2/c1-4-13-28(14-5-1)32-26-36(41-34-19-10-11-22-38(34)49-40(41)27-32)31-23-24-39-37(25-31)33-20-12-21-35(42(33)50-39)45-47-43(29-15-6-2-7-16-29)46-44(48-45)30-17-8-3-9-18-30/h1-27H/i1D,4D,5D,13D,14D. The topological polar surface area (TPSA) is 65.0 Å². The molecule has 5 nitrogen and oxygen atoms in total. The SMILES string of the molecule is [2H]c1c([2H])c([2H])c(-c2cc(-c3ccc4oc5c(-c6nc(-c7ccccc7)nc(-c7ccccc7)n6)cccc5c4c3)c3c(c2)oc2ccccc23)c([2H])c1[2H]. The maximum absolute atomic E-state index is 8.73. The van der Waals surface area contributed by atoms with E-state index in [0.717, 1.165) is 49.4 Å². The molecule has 0 fully saturated rings. The normalized spacial score (nSPS) is 13.0. The second-order valence-corrected chi connectivity index (χ2v) is 12.0. The molecule has 0 unspecified atom stereocenters. The summed E-state index contributed by atoms with van der Waals surface area (Å²) in [6.45, 7) is 0. The number of furan rings is 2. The van der Waals surface area contributed by atoms with E-state index in [0.29, 0.717) is 45.4 Å². The van der Waals surface area contributed by atoms with Crippen LogP contribution in [0.25, 0.3) is 100 Å². The number of aromatic nitrogens is 3. The van der Waals surface area contributed by atoms with Gasteiger partial charge in [0.15, 0.2) is 17.5 Å². The van der Waals surface area contributed by atoms with Crippen LogP contribution in [0.5, 0.6) is 0 Å². The van der Waals surface area contributed by atoms with E-state index in [2.05, 4.69) is 6.07 Å². The van der Waals surface area contributed by atoms with E-state index in [4.69, 9.17) is 30.6 Å². The maximum Gasteiger partial charge on any atom is 0.167 e. The molecular formula is C45H27N3O2. The highest BCUT2D eigenvalue weighted by Crippen LogP contribution is 2.42. The predicted octanol–water partition coefficient (Wildman–Crippen LogP) is 12.0. The molecule has 0 bridgehead atoms. The van der Waals surface area contributed by atoms with Crippen molar-refractivity contribution in [2.24, 2.45) is 0 Å². The Morgan fingerprint density at radius 2 is 1.06 bits per heavy atom. The second kappa shape index (κ2) is 11.4. The van der Waals surface area contributed by atoms with Crippen LogP contribution in [0, 0.1) is 0 Å². The summed E-state index contributed by atoms with van der Waals surface area (Å²) < 4.78 is 55.2. The predicted molar refractivity (Wildman–Crippen MR) is 202 cm³/mol. The minimum atomic E-state index is -0.440. The smallest absolute Gasteiger partial charge is 0.167 e. The molecule has 10 rings (SSSR count). The van der Waals surface area contributed by atoms with E-state index in [1.165, 1.54) is 0 Å². The molecule has 0 amide bonds. The van der Waals surface area contributed by atoms with Gasteiger partial charge in [0.25, 0.3) is 0 Å². The molecule has 0 atom stereocenters. The molecule has 50 heavy (non-hydrogen) atoms. The third-order valence-electron chi connectivity index (χ3n) is 9.02. The Kier molecular flexibility index (Phi) is 5.35. The first-order valence-electron chi connectivity index (χ1n) is 18.7. The molecule has 10 aromatic rings. The van der Waals surface area contributed by atoms with E-state index in [-0.39, 0.29) is 17.6 Å². The number of fused-ring (bicyclic) bond motifs is 6. The van der Waals surface area contributed by atoms with Gasteiger partial charge in [0.05, 0.1) is 12.4 Å². The molecule has 0 radical (unpaired) electrons. The molecule has 234 valence electrons. The number of hydrogen-bond donors (Lipinski definition) is 0. The highest BCUT2D eigenvalue weighted by Gasteiger charge is 2.20. The lowest BCUT2D eigenvalue weighted by Crippen LogP contribution is -2.00. The number of hydrogen-bond acceptors (Lipinski definition) is 5. The van der Waals surface area contributed by atoms with Crippen LogP contribution in [0.4, 0.5) is 0 Å². The van der Waals surface area contributed by atoms with Gasteiger partial charge in [-0.2, -0.15) is 0 Å². The fourth-order valence-corrected chi connectivity index (χ4v) is 6.69. The summed E-state index contributed by atoms with van der Waals surface area (Å²) in [4.78, 5) is 14.8. The van der Waals surface area contributed by atoms with Crippen LogP contribution in [0.1, 0.15) is 6.85 Å². The Balaban J connectivity index is 1.19. The summed E-state index contributed by atoms with van der Waals surface area (Å²) in [7, 11) is 0. The first kappa shape index (κ1) is 23.5. The van der Waals surface area contributed by atoms with Gasteiger partial charge in [-0.05, 0) is 58.7 Å². The van der Waals surface area contributed by atoms with Crippen LogP contribution in [-0.4, -0.2) is 15.0 Å². The molecule has 0 aliphatic heterocycles. The molecule has 0 N–H and O–H groups in total. The quantitative estimate of drug-likeness (QED) is 0.186. The average molecular weight is 647 g/mol. The number of rotatable bonds is 5. The summed E-state index contributed by atoms with van der Waals surface area (Å²) >= 11 is 0. The van der Waals surface area contributed by atoms with Crippen molar-refractivity contribution >= 4 is 43.9 Å². The summed E-state index contributed by atoms with van der Waals surface area (Å²) in [5.74, 6) is 1.58. The Morgan fingerprint density at radius 3 is 1.82 bits per heavy atom. The maximum atomic E-state index is 8.73. The van der Waals surface area contributed by atoms with Gasteiger partial charge >= 0.3 is 0 Å². The van der Waals surface area contributed by atoms with E-state index in [9.17, 15) is 0 Å². The van der Waals surface area contributed by atoms with Crippen molar-refractivity contribution in [1.82, 2.24) is 15.0 Å². The number of para-hydroxylation sites is 2. The van der Waals surface area contributed by atoms with Crippen molar-refractivity contribution in [3.8, 4) is 56.4 Å². The average Bonchev–Trinajstić information content (AvgIpc) is 3.80. The summed E-state index contributed by atoms with van der Waals surface area (Å²) in [5, 5.41) is 3.49. The molecule has 0 aliphatic carbocycles. The van der Waals surface area contributed by atoms with Crippen LogP contribution in [0.3, 0.4) is 0 Å². The Labute approximate surface area is 294 Å². The lowest BCUT2D eigenvalue weighted by atomic mass is 9.93. The van der Waals surface area contributed by atoms with Gasteiger partial charge in [0, 0.05) is 32.7 Å². The molecular weight excluding hydrogens is 615 g/mol. The molecule has 5 heteroatoms. The highest BCUT2D eigenvalue weighted by atomic mass is 16.3. The Hall–Kier alpha value is -6.85. The van der Waals surface area contributed by atoms with Crippen LogP contribution in [0.2, 0.25) is 0 Å². The van der Waals surface area contributed by atoms with Gasteiger partial charge < -0.3 is 8.83 Å². The summed E-state index contributed by atoms with van der Waals surface area (Å²) in [5.41, 5.74) is 7.16. The van der Waals surface area contributed by atoms with E-state index in [1.54, 1.807) is 6.07 Å². The monoisotopic (exact) mass is 646 g/mol. The third-order valence-corrected chi connectivity index (χ3v) is 9.02. The number of benzene rings is 7. The summed E-state index contributed by atoms with van der Waals surface area (Å²) in [6, 6.07) is 41.1. The van der Waals surface area contributed by atoms with Crippen molar-refractivity contribution in [3.63, 3.8) is 0 Å². The van der Waals surface area contributed by atoms with Gasteiger partial charge in [-0.1, -0.05) is 127 Å². The van der Waals surface area contributed by atoms with Gasteiger partial charge in [-0.3, -0.25) is 0 Å². The minimum absolute atomic E-state index is 0.108. The molecule has 0 spiro atoms. The third kappa shape index (κ3) is 4.67. The van der Waals surface area contributed by atoms with Crippen molar-refractivity contribution in [2.75, 3.05) is 0 Å². The molecule has 3 aromatic heterocycles. The second-order valence-electron chi connectivity index (χ2n) is 12.0. The van der Waals surface area contributed by atoms with E-state index < -0.39 is 18.1 Å². The fourth-order valence-electron chi connectivity index (χ4n) is 6.69. The van der Waals surface area contributed by atoms with Crippen molar-refractivity contribution < 1.29 is 15.7 Å². The van der Waals surface area contributed by atoms with Crippen LogP contribution >= 0.6 is 0 Å². The lowest BCUT2D eigenvalue weighted by molar-refractivity contribution is 0.669. The van der Waals surface area contributed by atoms with Gasteiger partial charge in [-0.25, -0.2) is 15.0 Å². The highest BCUT2D eigenvalue weighted by molar-refractivity contribution is 6.16. The van der Waals surface area contributed by atoms with Gasteiger partial charge in [-0.15, -0.1) is 0 Å². The van der Waals surface area contributed by atoms with Crippen molar-refractivity contribution in [2.45, 2.75) is 0 Å². The lowest BCUT2D eigenvalue weighted by Gasteiger charge is -2.09. The minimum Gasteiger partial charge on any atom is -0.456 e. The zero-order valence-electron chi connectivity index (χ0n) is 31.4. The molecule has 3 heterocycles. The number of nitrogens with zero attached hydrogens (tertiary/aromatic N) is 3. The van der Waals surface area contributed by atoms with E-state index in [1.807, 2.05) is 121 Å². The first-order valence-corrected chi connectivity index (χ1v) is 16.2. The van der Waals surface area contributed by atoms with Crippen LogP contribution < -0.4 is 0 Å². The molecule has 0 saturated carbocycles. The van der Waals surface area contributed by atoms with E-state index >= 15 is 0 Å². The van der Waals surface area contributed by atoms with Crippen LogP contribution in [0.15, 0.2) is 173 Å². The molecule has 7 aromatic carbocycles. The van der Waals surface area contributed by atoms with Crippen molar-refractivity contribution in [1.29, 1.82) is 0 Å². The fraction of sp³-hybridized carbons (Fsp3) is 0.